The molecule has 0 aromatic rings. The van der Waals surface area contributed by atoms with Crippen molar-refractivity contribution in [3.63, 3.8) is 0 Å². The van der Waals surface area contributed by atoms with Gasteiger partial charge in [-0.2, -0.15) is 5.10 Å². The smallest absolute Gasteiger partial charge is 0.213 e. The lowest BCUT2D eigenvalue weighted by Crippen LogP contribution is -2.31. The van der Waals surface area contributed by atoms with Gasteiger partial charge in [0.2, 0.25) is 5.11 Å². The van der Waals surface area contributed by atoms with Crippen LogP contribution in [-0.4, -0.2) is 36.8 Å². The fourth-order valence-corrected chi connectivity index (χ4v) is 3.70. The van der Waals surface area contributed by atoms with Crippen LogP contribution in [0.2, 0.25) is 0 Å². The molecule has 0 fully saturated rings. The third-order valence-electron chi connectivity index (χ3n) is 1.33. The zero-order valence-electron chi connectivity index (χ0n) is 8.17. The van der Waals surface area contributed by atoms with Crippen LogP contribution in [-0.2, 0) is 0 Å². The predicted octanol–water partition coefficient (Wildman–Crippen LogP) is 2.86. The van der Waals surface area contributed by atoms with Crippen molar-refractivity contribution in [2.45, 2.75) is 13.8 Å². The first-order valence-electron chi connectivity index (χ1n) is 4.31. The van der Waals surface area contributed by atoms with E-state index in [4.69, 9.17) is 12.2 Å². The summed E-state index contributed by atoms with van der Waals surface area (Å²) < 4.78 is 2.07. The predicted molar refractivity (Wildman–Crippen MR) is 73.5 cm³/mol. The highest BCUT2D eigenvalue weighted by Gasteiger charge is 2.18. The fraction of sp³-hybridized carbons (Fsp3) is 0.714. The van der Waals surface area contributed by atoms with Gasteiger partial charge in [0.25, 0.3) is 0 Å². The molecule has 0 aromatic carbocycles. The summed E-state index contributed by atoms with van der Waals surface area (Å²) in [6.45, 7) is 4.25. The number of hydrogen-bond donors (Lipinski definition) is 0. The van der Waals surface area contributed by atoms with Crippen molar-refractivity contribution in [1.29, 1.82) is 0 Å². The molecule has 14 heavy (non-hydrogen) atoms. The molecule has 80 valence electrons. The van der Waals surface area contributed by atoms with Crippen LogP contribution in [0.15, 0.2) is 5.10 Å². The van der Waals surface area contributed by atoms with Crippen molar-refractivity contribution < 1.29 is 0 Å². The standard InChI is InChI=1S/C7H13N3S4/c1-3-13-10(14-4-2)7(11)9-6-12-5-8-9/h5H,3-4,6H2,1-2H3. The van der Waals surface area contributed by atoms with E-state index >= 15 is 0 Å². The van der Waals surface area contributed by atoms with Gasteiger partial charge in [-0.25, -0.2) is 8.72 Å². The van der Waals surface area contributed by atoms with Crippen molar-refractivity contribution >= 4 is 58.5 Å². The molecule has 0 aromatic heterocycles. The van der Waals surface area contributed by atoms with Gasteiger partial charge in [0, 0.05) is 11.5 Å². The molecule has 1 heterocycles. The number of thiocarbonyl (C=S) groups is 1. The maximum atomic E-state index is 5.35. The minimum Gasteiger partial charge on any atom is -0.232 e. The van der Waals surface area contributed by atoms with Gasteiger partial charge in [0.15, 0.2) is 0 Å². The number of nitrogens with zero attached hydrogens (tertiary/aromatic N) is 3. The Bertz CT molecular complexity index is 215. The molecular formula is C7H13N3S4. The number of rotatable bonds is 4. The molecule has 0 N–H and O–H groups in total. The number of hydrazone groups is 1. The summed E-state index contributed by atoms with van der Waals surface area (Å²) in [5.41, 5.74) is 1.83. The molecule has 1 rings (SSSR count). The quantitative estimate of drug-likeness (QED) is 0.572. The van der Waals surface area contributed by atoms with Gasteiger partial charge in [-0.3, -0.25) is 0 Å². The highest BCUT2D eigenvalue weighted by atomic mass is 32.2. The molecular weight excluding hydrogens is 254 g/mol. The summed E-state index contributed by atoms with van der Waals surface area (Å²) >= 11 is 10.5. The van der Waals surface area contributed by atoms with E-state index in [1.165, 1.54) is 0 Å². The Morgan fingerprint density at radius 2 is 2.21 bits per heavy atom. The average Bonchev–Trinajstić information content (AvgIpc) is 2.69. The molecule has 0 atom stereocenters. The minimum absolute atomic E-state index is 0.796. The van der Waals surface area contributed by atoms with Gasteiger partial charge in [-0.15, -0.1) is 0 Å². The zero-order chi connectivity index (χ0) is 10.4. The minimum atomic E-state index is 0.796. The Kier molecular flexibility index (Phi) is 6.07. The highest BCUT2D eigenvalue weighted by molar-refractivity contribution is 8.13. The van der Waals surface area contributed by atoms with Gasteiger partial charge in [-0.05, 0) is 36.1 Å². The molecule has 0 radical (unpaired) electrons. The largest absolute Gasteiger partial charge is 0.232 e. The highest BCUT2D eigenvalue weighted by Crippen LogP contribution is 2.25. The molecule has 3 nitrogen and oxygen atoms in total. The maximum absolute atomic E-state index is 5.35. The summed E-state index contributed by atoms with van der Waals surface area (Å²) in [6, 6.07) is 0. The second-order valence-electron chi connectivity index (χ2n) is 2.29. The van der Waals surface area contributed by atoms with Gasteiger partial charge in [-0.1, -0.05) is 25.6 Å². The lowest BCUT2D eigenvalue weighted by atomic mass is 11.0. The fourth-order valence-electron chi connectivity index (χ4n) is 0.809. The summed E-state index contributed by atoms with van der Waals surface area (Å²) in [6.07, 6.45) is 0. The molecule has 0 spiro atoms. The lowest BCUT2D eigenvalue weighted by molar-refractivity contribution is 0.522. The monoisotopic (exact) mass is 267 g/mol. The Hall–Kier alpha value is 0.410. The summed E-state index contributed by atoms with van der Waals surface area (Å²) in [7, 11) is 0. The third-order valence-corrected chi connectivity index (χ3v) is 4.55. The first-order chi connectivity index (χ1) is 6.79. The summed E-state index contributed by atoms with van der Waals surface area (Å²) in [4.78, 5) is 0. The van der Waals surface area contributed by atoms with E-state index in [9.17, 15) is 0 Å². The number of hydrogen-bond acceptors (Lipinski definition) is 5. The van der Waals surface area contributed by atoms with E-state index in [1.54, 1.807) is 35.7 Å². The molecule has 0 saturated carbocycles. The van der Waals surface area contributed by atoms with Crippen molar-refractivity contribution in [1.82, 2.24) is 8.72 Å². The van der Waals surface area contributed by atoms with Crippen LogP contribution < -0.4 is 0 Å². The summed E-state index contributed by atoms with van der Waals surface area (Å²) in [5.74, 6) is 2.89. The van der Waals surface area contributed by atoms with E-state index in [-0.39, 0.29) is 0 Å². The second-order valence-corrected chi connectivity index (χ2v) is 6.09. The number of thioether (sulfide) groups is 1. The second kappa shape index (κ2) is 6.81. The van der Waals surface area contributed by atoms with E-state index in [0.717, 1.165) is 22.5 Å². The van der Waals surface area contributed by atoms with Crippen molar-refractivity contribution in [3.05, 3.63) is 0 Å². The van der Waals surface area contributed by atoms with Gasteiger partial charge in [0.05, 0.1) is 11.4 Å². The molecule has 1 aliphatic rings. The maximum Gasteiger partial charge on any atom is 0.213 e. The van der Waals surface area contributed by atoms with E-state index in [0.29, 0.717) is 0 Å². The molecule has 0 aliphatic carbocycles. The summed E-state index contributed by atoms with van der Waals surface area (Å²) in [5, 5.41) is 6.83. The Balaban J connectivity index is 2.48. The molecule has 0 amide bonds. The van der Waals surface area contributed by atoms with Crippen LogP contribution in [0, 0.1) is 0 Å². The third kappa shape index (κ3) is 3.52. The van der Waals surface area contributed by atoms with Crippen LogP contribution >= 0.6 is 47.9 Å². The van der Waals surface area contributed by atoms with E-state index < -0.39 is 0 Å². The first-order valence-corrected chi connectivity index (χ1v) is 7.65. The van der Waals surface area contributed by atoms with Gasteiger partial charge < -0.3 is 0 Å². The lowest BCUT2D eigenvalue weighted by Gasteiger charge is -2.25. The van der Waals surface area contributed by atoms with Crippen LogP contribution in [0.5, 0.6) is 0 Å². The average molecular weight is 267 g/mol. The Morgan fingerprint density at radius 3 is 2.64 bits per heavy atom. The molecule has 0 unspecified atom stereocenters. The van der Waals surface area contributed by atoms with E-state index in [1.807, 2.05) is 10.6 Å². The SMILES string of the molecule is CCSN(SCC)C(=S)N1CSC=N1. The van der Waals surface area contributed by atoms with Crippen molar-refractivity contribution in [3.8, 4) is 0 Å². The topological polar surface area (TPSA) is 18.8 Å². The van der Waals surface area contributed by atoms with Crippen LogP contribution in [0.1, 0.15) is 13.8 Å². The van der Waals surface area contributed by atoms with Crippen LogP contribution in [0.25, 0.3) is 0 Å². The molecule has 1 aliphatic heterocycles. The van der Waals surface area contributed by atoms with Gasteiger partial charge >= 0.3 is 0 Å². The molecule has 0 saturated heterocycles. The Morgan fingerprint density at radius 1 is 1.57 bits per heavy atom. The van der Waals surface area contributed by atoms with Crippen LogP contribution in [0.3, 0.4) is 0 Å². The molecule has 7 heteroatoms. The first kappa shape index (κ1) is 12.5. The Labute approximate surface area is 103 Å². The zero-order valence-corrected chi connectivity index (χ0v) is 11.4. The van der Waals surface area contributed by atoms with Gasteiger partial charge in [0.1, 0.15) is 0 Å². The van der Waals surface area contributed by atoms with Crippen LogP contribution in [0.4, 0.5) is 0 Å². The van der Waals surface area contributed by atoms with Crippen molar-refractivity contribution in [2.75, 3.05) is 17.4 Å². The molecule has 0 bridgehead atoms. The van der Waals surface area contributed by atoms with E-state index in [2.05, 4.69) is 22.7 Å². The van der Waals surface area contributed by atoms with Crippen molar-refractivity contribution in [2.24, 2.45) is 5.10 Å². The normalized spacial score (nSPS) is 14.9.